The van der Waals surface area contributed by atoms with Crippen LogP contribution in [0.25, 0.3) is 6.08 Å². The lowest BCUT2D eigenvalue weighted by Gasteiger charge is -1.97. The number of hydrogen-bond acceptors (Lipinski definition) is 4. The Morgan fingerprint density at radius 1 is 1.29 bits per heavy atom. The Bertz CT molecular complexity index is 541. The second-order valence-electron chi connectivity index (χ2n) is 3.59. The number of carbonyl (C=O) groups excluding carboxylic acids is 2. The molecule has 0 amide bonds. The Morgan fingerprint density at radius 2 is 1.94 bits per heavy atom. The molecular weight excluding hydrogens is 236 g/mol. The number of benzene rings is 1. The first-order valence-corrected chi connectivity index (χ1v) is 5.84. The van der Waals surface area contributed by atoms with Crippen molar-refractivity contribution in [2.45, 2.75) is 6.92 Å². The molecule has 1 aliphatic heterocycles. The molecule has 0 bridgehead atoms. The first-order chi connectivity index (χ1) is 8.09. The van der Waals surface area contributed by atoms with Crippen molar-refractivity contribution in [2.24, 2.45) is 0 Å². The molecule has 1 heterocycles. The SMILES string of the molecule is CC(=O)C1=C(O)/C(=C/c2ccccc2)SC1=O. The summed E-state index contributed by atoms with van der Waals surface area (Å²) in [4.78, 5) is 23.1. The van der Waals surface area contributed by atoms with Crippen LogP contribution >= 0.6 is 11.8 Å². The van der Waals surface area contributed by atoms with Crippen molar-refractivity contribution in [3.05, 3.63) is 52.1 Å². The van der Waals surface area contributed by atoms with Crippen LogP contribution in [-0.4, -0.2) is 16.0 Å². The van der Waals surface area contributed by atoms with Gasteiger partial charge in [0.05, 0.1) is 4.91 Å². The molecule has 4 heteroatoms. The molecule has 0 saturated carbocycles. The second kappa shape index (κ2) is 4.59. The van der Waals surface area contributed by atoms with Crippen LogP contribution in [0.15, 0.2) is 46.6 Å². The van der Waals surface area contributed by atoms with E-state index in [1.165, 1.54) is 6.92 Å². The number of thioether (sulfide) groups is 1. The van der Waals surface area contributed by atoms with E-state index in [0.717, 1.165) is 17.3 Å². The topological polar surface area (TPSA) is 54.4 Å². The molecule has 0 unspecified atom stereocenters. The van der Waals surface area contributed by atoms with E-state index in [9.17, 15) is 14.7 Å². The summed E-state index contributed by atoms with van der Waals surface area (Å²) < 4.78 is 0. The van der Waals surface area contributed by atoms with Crippen molar-refractivity contribution in [3.8, 4) is 0 Å². The Morgan fingerprint density at radius 3 is 2.47 bits per heavy atom. The van der Waals surface area contributed by atoms with E-state index < -0.39 is 10.9 Å². The highest BCUT2D eigenvalue weighted by Crippen LogP contribution is 2.37. The lowest BCUT2D eigenvalue weighted by Crippen LogP contribution is -2.03. The lowest BCUT2D eigenvalue weighted by atomic mass is 10.1. The maximum atomic E-state index is 11.5. The monoisotopic (exact) mass is 246 g/mol. The summed E-state index contributed by atoms with van der Waals surface area (Å²) in [6, 6.07) is 9.32. The van der Waals surface area contributed by atoms with Crippen LogP contribution in [0.4, 0.5) is 0 Å². The van der Waals surface area contributed by atoms with Gasteiger partial charge in [-0.1, -0.05) is 30.3 Å². The fourth-order valence-electron chi connectivity index (χ4n) is 1.53. The summed E-state index contributed by atoms with van der Waals surface area (Å²) in [5.41, 5.74) is 0.760. The fourth-order valence-corrected chi connectivity index (χ4v) is 2.46. The molecule has 1 aromatic carbocycles. The standard InChI is InChI=1S/C13H10O3S/c1-8(14)11-12(15)10(17-13(11)16)7-9-5-3-2-4-6-9/h2-7,15H,1H3/b10-7-. The Labute approximate surface area is 103 Å². The van der Waals surface area contributed by atoms with Gasteiger partial charge >= 0.3 is 0 Å². The molecular formula is C13H10O3S. The molecule has 0 aliphatic carbocycles. The molecule has 1 aliphatic rings. The molecule has 0 saturated heterocycles. The zero-order valence-electron chi connectivity index (χ0n) is 9.14. The van der Waals surface area contributed by atoms with Gasteiger partial charge in [-0.2, -0.15) is 0 Å². The summed E-state index contributed by atoms with van der Waals surface area (Å²) in [5, 5.41) is 9.41. The van der Waals surface area contributed by atoms with Crippen LogP contribution in [0.5, 0.6) is 0 Å². The van der Waals surface area contributed by atoms with Gasteiger partial charge in [0.2, 0.25) is 5.12 Å². The van der Waals surface area contributed by atoms with E-state index in [1.807, 2.05) is 30.3 Å². The van der Waals surface area contributed by atoms with Gasteiger partial charge in [-0.15, -0.1) is 0 Å². The molecule has 0 spiro atoms. The van der Waals surface area contributed by atoms with Crippen LogP contribution in [0.1, 0.15) is 12.5 Å². The van der Waals surface area contributed by atoms with Crippen LogP contribution in [0.2, 0.25) is 0 Å². The van der Waals surface area contributed by atoms with Crippen LogP contribution < -0.4 is 0 Å². The maximum absolute atomic E-state index is 11.5. The van der Waals surface area contributed by atoms with Crippen molar-refractivity contribution < 1.29 is 14.7 Å². The maximum Gasteiger partial charge on any atom is 0.231 e. The third-order valence-corrected chi connectivity index (χ3v) is 3.25. The summed E-state index contributed by atoms with van der Waals surface area (Å²) in [5.74, 6) is -0.618. The molecule has 86 valence electrons. The smallest absolute Gasteiger partial charge is 0.231 e. The molecule has 0 fully saturated rings. The largest absolute Gasteiger partial charge is 0.506 e. The zero-order chi connectivity index (χ0) is 12.4. The average Bonchev–Trinajstić information content (AvgIpc) is 2.55. The fraction of sp³-hybridized carbons (Fsp3) is 0.0769. The van der Waals surface area contributed by atoms with Gasteiger partial charge in [0, 0.05) is 0 Å². The van der Waals surface area contributed by atoms with E-state index in [0.29, 0.717) is 4.91 Å². The highest BCUT2D eigenvalue weighted by Gasteiger charge is 2.31. The van der Waals surface area contributed by atoms with Gasteiger partial charge in [-0.3, -0.25) is 9.59 Å². The summed E-state index contributed by atoms with van der Waals surface area (Å²) in [7, 11) is 0. The molecule has 1 aromatic rings. The summed E-state index contributed by atoms with van der Waals surface area (Å²) in [6.07, 6.45) is 1.69. The van der Waals surface area contributed by atoms with Crippen LogP contribution in [0.3, 0.4) is 0 Å². The van der Waals surface area contributed by atoms with Crippen molar-refractivity contribution in [1.82, 2.24) is 0 Å². The van der Waals surface area contributed by atoms with Gasteiger partial charge in [0.25, 0.3) is 0 Å². The Kier molecular flexibility index (Phi) is 3.15. The predicted molar refractivity (Wildman–Crippen MR) is 67.4 cm³/mol. The van der Waals surface area contributed by atoms with Crippen molar-refractivity contribution >= 4 is 28.7 Å². The van der Waals surface area contributed by atoms with E-state index in [1.54, 1.807) is 6.08 Å². The number of aliphatic hydroxyl groups is 1. The molecule has 17 heavy (non-hydrogen) atoms. The first-order valence-electron chi connectivity index (χ1n) is 5.03. The summed E-state index contributed by atoms with van der Waals surface area (Å²) >= 11 is 0.882. The number of carbonyl (C=O) groups is 2. The molecule has 0 aromatic heterocycles. The van der Waals surface area contributed by atoms with Crippen molar-refractivity contribution in [2.75, 3.05) is 0 Å². The third kappa shape index (κ3) is 2.31. The molecule has 3 nitrogen and oxygen atoms in total. The predicted octanol–water partition coefficient (Wildman–Crippen LogP) is 2.70. The first kappa shape index (κ1) is 11.7. The minimum atomic E-state index is -0.406. The number of rotatable bonds is 2. The molecule has 0 atom stereocenters. The van der Waals surface area contributed by atoms with Gasteiger partial charge in [0.1, 0.15) is 11.3 Å². The van der Waals surface area contributed by atoms with E-state index in [-0.39, 0.29) is 11.3 Å². The van der Waals surface area contributed by atoms with Gasteiger partial charge in [-0.25, -0.2) is 0 Å². The van der Waals surface area contributed by atoms with Gasteiger partial charge in [-0.05, 0) is 30.3 Å². The van der Waals surface area contributed by atoms with Crippen LogP contribution in [-0.2, 0) is 9.59 Å². The molecule has 2 rings (SSSR count). The quantitative estimate of drug-likeness (QED) is 0.815. The minimum absolute atomic E-state index is 0.114. The number of Topliss-reactive ketones (excluding diaryl/α,β-unsaturated/α-hetero) is 1. The van der Waals surface area contributed by atoms with Crippen molar-refractivity contribution in [3.63, 3.8) is 0 Å². The van der Waals surface area contributed by atoms with E-state index in [2.05, 4.69) is 0 Å². The number of aliphatic hydroxyl groups excluding tert-OH is 1. The Balaban J connectivity index is 2.41. The highest BCUT2D eigenvalue weighted by atomic mass is 32.2. The third-order valence-electron chi connectivity index (χ3n) is 2.33. The minimum Gasteiger partial charge on any atom is -0.506 e. The average molecular weight is 246 g/mol. The normalized spacial score (nSPS) is 17.9. The molecule has 1 N–H and O–H groups in total. The summed E-state index contributed by atoms with van der Waals surface area (Å²) in [6.45, 7) is 1.27. The number of ketones is 1. The number of hydrogen-bond donors (Lipinski definition) is 1. The van der Waals surface area contributed by atoms with Crippen LogP contribution in [0, 0.1) is 0 Å². The van der Waals surface area contributed by atoms with E-state index >= 15 is 0 Å². The van der Waals surface area contributed by atoms with Gasteiger partial charge < -0.3 is 5.11 Å². The lowest BCUT2D eigenvalue weighted by molar-refractivity contribution is -0.116. The van der Waals surface area contributed by atoms with Crippen molar-refractivity contribution in [1.29, 1.82) is 0 Å². The van der Waals surface area contributed by atoms with E-state index in [4.69, 9.17) is 0 Å². The second-order valence-corrected chi connectivity index (χ2v) is 4.60. The Hall–Kier alpha value is -1.81. The van der Waals surface area contributed by atoms with Gasteiger partial charge in [0.15, 0.2) is 5.78 Å². The molecule has 0 radical (unpaired) electrons. The highest BCUT2D eigenvalue weighted by molar-refractivity contribution is 8.18. The zero-order valence-corrected chi connectivity index (χ0v) is 9.95.